The molecule has 362 valence electrons. The first-order valence-electron chi connectivity index (χ1n) is 26.9. The zero-order valence-corrected chi connectivity index (χ0v) is 41.3. The number of hydrogen-bond acceptors (Lipinski definition) is 5. The molecule has 0 bridgehead atoms. The standard InChI is InChI=1S/C56H103NO5/c1-4-7-10-13-16-19-22-25-27-28-30-32-35-38-41-44-47-52(62-56(61)49-46-43-40-37-34-29-24-21-18-15-12-9-6-3)50-55(60)57-53(51-58)54(59)48-45-42-39-36-33-31-26-23-20-17-14-11-8-5-2/h22,25,27-30,32,34,52-54,58-59H,4-21,23-24,26,31,33,35-51H2,1-3H3,(H,57,60)/b25-22+,28-27+,32-30+,34-29-. The lowest BCUT2D eigenvalue weighted by Gasteiger charge is -2.24. The third-order valence-electron chi connectivity index (χ3n) is 12.2. The number of carbonyl (C=O) groups is 2. The Morgan fingerprint density at radius 3 is 1.29 bits per heavy atom. The van der Waals surface area contributed by atoms with Gasteiger partial charge in [-0.15, -0.1) is 0 Å². The Morgan fingerprint density at radius 1 is 0.468 bits per heavy atom. The maximum atomic E-state index is 13.2. The average Bonchev–Trinajstić information content (AvgIpc) is 3.26. The fourth-order valence-electron chi connectivity index (χ4n) is 8.07. The number of carbonyl (C=O) groups excluding carboxylic acids is 2. The van der Waals surface area contributed by atoms with Gasteiger partial charge in [-0.3, -0.25) is 9.59 Å². The molecule has 6 heteroatoms. The Bertz CT molecular complexity index is 1070. The van der Waals surface area contributed by atoms with Crippen molar-refractivity contribution >= 4 is 11.9 Å². The summed E-state index contributed by atoms with van der Waals surface area (Å²) in [7, 11) is 0. The lowest BCUT2D eigenvalue weighted by atomic mass is 10.0. The van der Waals surface area contributed by atoms with Crippen molar-refractivity contribution < 1.29 is 24.5 Å². The minimum absolute atomic E-state index is 0.0498. The van der Waals surface area contributed by atoms with Gasteiger partial charge in [-0.25, -0.2) is 0 Å². The summed E-state index contributed by atoms with van der Waals surface area (Å²) in [5.41, 5.74) is 0. The molecule has 0 aromatic heterocycles. The van der Waals surface area contributed by atoms with Gasteiger partial charge >= 0.3 is 5.97 Å². The molecule has 0 fully saturated rings. The van der Waals surface area contributed by atoms with Crippen LogP contribution in [0.2, 0.25) is 0 Å². The smallest absolute Gasteiger partial charge is 0.306 e. The summed E-state index contributed by atoms with van der Waals surface area (Å²) in [5.74, 6) is -0.520. The van der Waals surface area contributed by atoms with Gasteiger partial charge in [0.25, 0.3) is 0 Å². The van der Waals surface area contributed by atoms with Crippen LogP contribution < -0.4 is 5.32 Å². The number of esters is 1. The fraction of sp³-hybridized carbons (Fsp3) is 0.821. The SMILES string of the molecule is CCCCCCC/C=C/C=C/C=C/CCCCCC(CC(=O)NC(CO)C(O)CCCCCCCCCCCCCCCC)OC(=O)CCCCC/C=C\CCCCCCCC. The molecular weight excluding hydrogens is 767 g/mol. The van der Waals surface area contributed by atoms with Crippen molar-refractivity contribution in [1.29, 1.82) is 0 Å². The van der Waals surface area contributed by atoms with E-state index in [1.165, 1.54) is 141 Å². The maximum Gasteiger partial charge on any atom is 0.306 e. The number of aliphatic hydroxyl groups is 2. The van der Waals surface area contributed by atoms with Crippen molar-refractivity contribution in [3.8, 4) is 0 Å². The highest BCUT2D eigenvalue weighted by Gasteiger charge is 2.24. The molecule has 0 aliphatic rings. The van der Waals surface area contributed by atoms with Crippen LogP contribution in [-0.4, -0.2) is 46.9 Å². The molecule has 1 amide bonds. The Balaban J connectivity index is 4.66. The molecule has 3 N–H and O–H groups in total. The van der Waals surface area contributed by atoms with Gasteiger partial charge in [-0.1, -0.05) is 230 Å². The second-order valence-electron chi connectivity index (χ2n) is 18.3. The third-order valence-corrected chi connectivity index (χ3v) is 12.2. The topological polar surface area (TPSA) is 95.9 Å². The molecule has 0 aromatic rings. The maximum absolute atomic E-state index is 13.2. The van der Waals surface area contributed by atoms with Crippen LogP contribution in [-0.2, 0) is 14.3 Å². The summed E-state index contributed by atoms with van der Waals surface area (Å²) in [5, 5.41) is 23.8. The summed E-state index contributed by atoms with van der Waals surface area (Å²) in [4.78, 5) is 26.2. The van der Waals surface area contributed by atoms with E-state index in [2.05, 4.69) is 74.7 Å². The summed E-state index contributed by atoms with van der Waals surface area (Å²) >= 11 is 0. The zero-order chi connectivity index (χ0) is 45.2. The molecule has 6 nitrogen and oxygen atoms in total. The van der Waals surface area contributed by atoms with Crippen LogP contribution in [0.5, 0.6) is 0 Å². The van der Waals surface area contributed by atoms with E-state index in [4.69, 9.17) is 4.74 Å². The Kier molecular flexibility index (Phi) is 48.1. The lowest BCUT2D eigenvalue weighted by Crippen LogP contribution is -2.46. The van der Waals surface area contributed by atoms with Crippen LogP contribution in [0, 0.1) is 0 Å². The molecule has 0 heterocycles. The largest absolute Gasteiger partial charge is 0.462 e. The summed E-state index contributed by atoms with van der Waals surface area (Å²) in [6.45, 7) is 6.46. The number of ether oxygens (including phenoxy) is 1. The van der Waals surface area contributed by atoms with Crippen LogP contribution in [0.1, 0.15) is 271 Å². The van der Waals surface area contributed by atoms with E-state index in [0.29, 0.717) is 19.3 Å². The van der Waals surface area contributed by atoms with E-state index < -0.39 is 18.2 Å². The molecule has 3 unspecified atom stereocenters. The molecule has 0 saturated heterocycles. The molecular formula is C56H103NO5. The average molecular weight is 870 g/mol. The van der Waals surface area contributed by atoms with Crippen LogP contribution in [0.3, 0.4) is 0 Å². The minimum atomic E-state index is -0.799. The van der Waals surface area contributed by atoms with Crippen molar-refractivity contribution in [2.24, 2.45) is 0 Å². The van der Waals surface area contributed by atoms with Gasteiger partial charge < -0.3 is 20.3 Å². The third kappa shape index (κ3) is 44.4. The first-order valence-corrected chi connectivity index (χ1v) is 26.9. The van der Waals surface area contributed by atoms with Crippen molar-refractivity contribution in [2.45, 2.75) is 289 Å². The van der Waals surface area contributed by atoms with Gasteiger partial charge in [0, 0.05) is 6.42 Å². The lowest BCUT2D eigenvalue weighted by molar-refractivity contribution is -0.151. The van der Waals surface area contributed by atoms with E-state index in [9.17, 15) is 19.8 Å². The highest BCUT2D eigenvalue weighted by molar-refractivity contribution is 5.77. The Labute approximate surface area is 385 Å². The fourth-order valence-corrected chi connectivity index (χ4v) is 8.07. The molecule has 0 rings (SSSR count). The Hall–Kier alpha value is -2.18. The second kappa shape index (κ2) is 49.8. The van der Waals surface area contributed by atoms with Crippen LogP contribution >= 0.6 is 0 Å². The van der Waals surface area contributed by atoms with Gasteiger partial charge in [0.1, 0.15) is 6.10 Å². The molecule has 0 aromatic carbocycles. The Morgan fingerprint density at radius 2 is 0.839 bits per heavy atom. The van der Waals surface area contributed by atoms with Crippen LogP contribution in [0.4, 0.5) is 0 Å². The van der Waals surface area contributed by atoms with E-state index in [1.807, 2.05) is 0 Å². The molecule has 0 radical (unpaired) electrons. The normalized spacial score (nSPS) is 13.6. The summed E-state index contributed by atoms with van der Waals surface area (Å²) < 4.78 is 5.92. The molecule has 0 aliphatic carbocycles. The van der Waals surface area contributed by atoms with E-state index in [-0.39, 0.29) is 24.9 Å². The van der Waals surface area contributed by atoms with Crippen molar-refractivity contribution in [1.82, 2.24) is 5.32 Å². The number of allylic oxidation sites excluding steroid dienone is 8. The number of rotatable bonds is 48. The number of hydrogen-bond donors (Lipinski definition) is 3. The zero-order valence-electron chi connectivity index (χ0n) is 41.3. The van der Waals surface area contributed by atoms with E-state index in [0.717, 1.165) is 83.5 Å². The molecule has 3 atom stereocenters. The predicted octanol–water partition coefficient (Wildman–Crippen LogP) is 16.2. The summed E-state index contributed by atoms with van der Waals surface area (Å²) in [6, 6.07) is -0.715. The molecule has 0 saturated carbocycles. The first-order chi connectivity index (χ1) is 30.5. The van der Waals surface area contributed by atoms with Crippen LogP contribution in [0.25, 0.3) is 0 Å². The number of amides is 1. The van der Waals surface area contributed by atoms with E-state index >= 15 is 0 Å². The highest BCUT2D eigenvalue weighted by Crippen LogP contribution is 2.17. The second-order valence-corrected chi connectivity index (χ2v) is 18.3. The minimum Gasteiger partial charge on any atom is -0.462 e. The number of nitrogens with one attached hydrogen (secondary N) is 1. The summed E-state index contributed by atoms with van der Waals surface area (Å²) in [6.07, 6.45) is 60.2. The van der Waals surface area contributed by atoms with Gasteiger partial charge in [-0.2, -0.15) is 0 Å². The molecule has 0 aliphatic heterocycles. The van der Waals surface area contributed by atoms with Crippen molar-refractivity contribution in [3.63, 3.8) is 0 Å². The number of unbranched alkanes of at least 4 members (excludes halogenated alkanes) is 30. The predicted molar refractivity (Wildman–Crippen MR) is 269 cm³/mol. The van der Waals surface area contributed by atoms with Crippen molar-refractivity contribution in [2.75, 3.05) is 6.61 Å². The number of aliphatic hydroxyl groups excluding tert-OH is 2. The first kappa shape index (κ1) is 59.8. The molecule has 62 heavy (non-hydrogen) atoms. The van der Waals surface area contributed by atoms with Gasteiger partial charge in [-0.05, 0) is 77.0 Å². The van der Waals surface area contributed by atoms with Crippen LogP contribution in [0.15, 0.2) is 48.6 Å². The van der Waals surface area contributed by atoms with E-state index in [1.54, 1.807) is 0 Å². The quantitative estimate of drug-likeness (QED) is 0.0245. The van der Waals surface area contributed by atoms with Gasteiger partial charge in [0.2, 0.25) is 5.91 Å². The van der Waals surface area contributed by atoms with Gasteiger partial charge in [0.05, 0.1) is 25.2 Å². The van der Waals surface area contributed by atoms with Crippen molar-refractivity contribution in [3.05, 3.63) is 48.6 Å². The monoisotopic (exact) mass is 870 g/mol. The highest BCUT2D eigenvalue weighted by atomic mass is 16.5. The van der Waals surface area contributed by atoms with Gasteiger partial charge in [0.15, 0.2) is 0 Å². The molecule has 0 spiro atoms.